The fourth-order valence-corrected chi connectivity index (χ4v) is 2.34. The van der Waals surface area contributed by atoms with E-state index in [2.05, 4.69) is 46.3 Å². The van der Waals surface area contributed by atoms with Crippen molar-refractivity contribution in [3.63, 3.8) is 0 Å². The highest BCUT2D eigenvalue weighted by molar-refractivity contribution is 5.82. The van der Waals surface area contributed by atoms with Gasteiger partial charge >= 0.3 is 5.97 Å². The van der Waals surface area contributed by atoms with E-state index in [1.165, 1.54) is 5.69 Å². The molecule has 150 valence electrons. The van der Waals surface area contributed by atoms with Gasteiger partial charge in [-0.1, -0.05) is 68.0 Å². The molecule has 0 saturated heterocycles. The second-order valence-corrected chi connectivity index (χ2v) is 7.33. The Labute approximate surface area is 169 Å². The summed E-state index contributed by atoms with van der Waals surface area (Å²) in [6.45, 7) is 7.66. The van der Waals surface area contributed by atoms with Crippen LogP contribution in [0, 0.1) is 5.92 Å². The predicted octanol–water partition coefficient (Wildman–Crippen LogP) is 5.39. The zero-order valence-electron chi connectivity index (χ0n) is 17.8. The van der Waals surface area contributed by atoms with E-state index < -0.39 is 12.0 Å². The number of rotatable bonds is 9. The van der Waals surface area contributed by atoms with Gasteiger partial charge in [-0.05, 0) is 43.0 Å². The molecule has 0 saturated carbocycles. The minimum Gasteiger partial charge on any atom is -0.480 e. The summed E-state index contributed by atoms with van der Waals surface area (Å²) in [6.07, 6.45) is 13.6. The van der Waals surface area contributed by atoms with Crippen LogP contribution in [0.3, 0.4) is 0 Å². The Morgan fingerprint density at radius 2 is 1.61 bits per heavy atom. The van der Waals surface area contributed by atoms with Crippen molar-refractivity contribution in [1.82, 2.24) is 0 Å². The van der Waals surface area contributed by atoms with Crippen LogP contribution in [0.5, 0.6) is 0 Å². The molecule has 0 amide bonds. The second kappa shape index (κ2) is 11.8. The third-order valence-electron chi connectivity index (χ3n) is 4.10. The highest BCUT2D eigenvalue weighted by Crippen LogP contribution is 2.14. The molecule has 0 aliphatic heterocycles. The zero-order chi connectivity index (χ0) is 21.1. The summed E-state index contributed by atoms with van der Waals surface area (Å²) in [5.74, 6) is -0.926. The Hall–Kier alpha value is -2.88. The maximum atomic E-state index is 11.1. The first-order valence-corrected chi connectivity index (χ1v) is 9.44. The number of carboxylic acid groups (broad SMARTS) is 1. The molecule has 0 bridgehead atoms. The Kier molecular flexibility index (Phi) is 9.72. The number of carbonyl (C=O) groups is 1. The topological polar surface area (TPSA) is 52.9 Å². The van der Waals surface area contributed by atoms with E-state index in [4.69, 9.17) is 5.11 Å². The molecule has 4 heteroatoms. The van der Waals surface area contributed by atoms with Gasteiger partial charge in [-0.25, -0.2) is 4.79 Å². The van der Waals surface area contributed by atoms with E-state index >= 15 is 0 Å². The van der Waals surface area contributed by atoms with Crippen molar-refractivity contribution in [1.29, 1.82) is 0 Å². The van der Waals surface area contributed by atoms with Gasteiger partial charge in [0.15, 0.2) is 0 Å². The van der Waals surface area contributed by atoms with Gasteiger partial charge in [0.25, 0.3) is 0 Å². The van der Waals surface area contributed by atoms with Crippen molar-refractivity contribution >= 4 is 23.9 Å². The number of aliphatic imine (C=N–C) groups is 1. The summed E-state index contributed by atoms with van der Waals surface area (Å²) < 4.78 is 0. The van der Waals surface area contributed by atoms with Gasteiger partial charge in [-0.3, -0.25) is 4.99 Å². The fraction of sp³-hybridized carbons (Fsp3) is 0.333. The van der Waals surface area contributed by atoms with Crippen LogP contribution in [-0.4, -0.2) is 37.4 Å². The molecule has 1 N–H and O–H groups in total. The Morgan fingerprint density at radius 3 is 2.11 bits per heavy atom. The smallest absolute Gasteiger partial charge is 0.328 e. The highest BCUT2D eigenvalue weighted by Gasteiger charge is 2.18. The van der Waals surface area contributed by atoms with Crippen LogP contribution >= 0.6 is 0 Å². The first kappa shape index (κ1) is 23.2. The normalized spacial score (nSPS) is 14.5. The number of aliphatic carboxylic acids is 1. The number of hydrogen-bond donors (Lipinski definition) is 1. The lowest BCUT2D eigenvalue weighted by atomic mass is 10.1. The average Bonchev–Trinajstić information content (AvgIpc) is 2.63. The number of nitrogens with zero attached hydrogens (tertiary/aromatic N) is 2. The molecule has 1 atom stereocenters. The summed E-state index contributed by atoms with van der Waals surface area (Å²) in [5, 5.41) is 9.14. The molecule has 0 fully saturated rings. The van der Waals surface area contributed by atoms with Crippen LogP contribution in [0.4, 0.5) is 5.69 Å². The van der Waals surface area contributed by atoms with Gasteiger partial charge in [0.05, 0.1) is 0 Å². The average molecular weight is 381 g/mol. The SMILES string of the molecule is C\C(C=N[C@H](C(=O)O)C(C)C)=C/C=C/C=C(C)/C=C/c1ccc(N(C)C)cc1. The molecule has 1 aromatic rings. The Balaban J connectivity index is 2.64. The van der Waals surface area contributed by atoms with E-state index in [1.54, 1.807) is 6.21 Å². The lowest BCUT2D eigenvalue weighted by molar-refractivity contribution is -0.139. The first-order valence-electron chi connectivity index (χ1n) is 9.44. The molecule has 0 aliphatic rings. The lowest BCUT2D eigenvalue weighted by Gasteiger charge is -2.11. The summed E-state index contributed by atoms with van der Waals surface area (Å²) in [5.41, 5.74) is 4.39. The predicted molar refractivity (Wildman–Crippen MR) is 121 cm³/mol. The van der Waals surface area contributed by atoms with Crippen molar-refractivity contribution in [2.45, 2.75) is 33.7 Å². The van der Waals surface area contributed by atoms with Crippen molar-refractivity contribution in [3.8, 4) is 0 Å². The van der Waals surface area contributed by atoms with E-state index in [1.807, 2.05) is 66.1 Å². The van der Waals surface area contributed by atoms with Crippen LogP contribution in [-0.2, 0) is 4.79 Å². The third kappa shape index (κ3) is 8.67. The van der Waals surface area contributed by atoms with Gasteiger partial charge in [-0.15, -0.1) is 0 Å². The Morgan fingerprint density at radius 1 is 1.04 bits per heavy atom. The summed E-state index contributed by atoms with van der Waals surface area (Å²) in [6, 6.07) is 7.69. The van der Waals surface area contributed by atoms with E-state index in [0.29, 0.717) is 0 Å². The van der Waals surface area contributed by atoms with Crippen molar-refractivity contribution in [2.75, 3.05) is 19.0 Å². The van der Waals surface area contributed by atoms with Crippen LogP contribution in [0.15, 0.2) is 70.8 Å². The van der Waals surface area contributed by atoms with Gasteiger partial charge in [0.1, 0.15) is 6.04 Å². The quantitative estimate of drug-likeness (QED) is 0.461. The molecule has 1 aromatic carbocycles. The van der Waals surface area contributed by atoms with Gasteiger partial charge in [0, 0.05) is 26.0 Å². The summed E-state index contributed by atoms with van der Waals surface area (Å²) in [4.78, 5) is 17.4. The van der Waals surface area contributed by atoms with Crippen LogP contribution in [0.25, 0.3) is 6.08 Å². The standard InChI is InChI=1S/C24H32N2O2/c1-18(2)23(24(27)28)25-17-20(4)10-8-7-9-19(3)11-12-21-13-15-22(16-14-21)26(5)6/h7-18,23H,1-6H3,(H,27,28)/b8-7+,12-11+,19-9+,20-10+,25-17?/t23-/m0/s1. The molecular formula is C24H32N2O2. The van der Waals surface area contributed by atoms with Crippen molar-refractivity contribution < 1.29 is 9.90 Å². The highest BCUT2D eigenvalue weighted by atomic mass is 16.4. The first-order chi connectivity index (χ1) is 13.2. The van der Waals surface area contributed by atoms with Crippen molar-refractivity contribution in [3.05, 3.63) is 71.4 Å². The van der Waals surface area contributed by atoms with E-state index in [9.17, 15) is 4.79 Å². The van der Waals surface area contributed by atoms with E-state index in [-0.39, 0.29) is 5.92 Å². The maximum Gasteiger partial charge on any atom is 0.328 e. The number of hydrogen-bond acceptors (Lipinski definition) is 3. The van der Waals surface area contributed by atoms with Crippen LogP contribution < -0.4 is 4.90 Å². The lowest BCUT2D eigenvalue weighted by Crippen LogP contribution is -2.24. The largest absolute Gasteiger partial charge is 0.480 e. The number of anilines is 1. The Bertz CT molecular complexity index is 779. The molecule has 0 aromatic heterocycles. The van der Waals surface area contributed by atoms with Crippen LogP contribution in [0.1, 0.15) is 33.3 Å². The number of allylic oxidation sites excluding steroid dienone is 7. The molecule has 0 spiro atoms. The third-order valence-corrected chi connectivity index (χ3v) is 4.10. The number of carboxylic acids is 1. The zero-order valence-corrected chi connectivity index (χ0v) is 17.8. The molecule has 0 unspecified atom stereocenters. The second-order valence-electron chi connectivity index (χ2n) is 7.33. The summed E-state index contributed by atoms with van der Waals surface area (Å²) in [7, 11) is 4.06. The fourth-order valence-electron chi connectivity index (χ4n) is 2.34. The maximum absolute atomic E-state index is 11.1. The molecule has 0 heterocycles. The molecule has 0 radical (unpaired) electrons. The summed E-state index contributed by atoms with van der Waals surface area (Å²) >= 11 is 0. The monoisotopic (exact) mass is 380 g/mol. The van der Waals surface area contributed by atoms with Gasteiger partial charge in [0.2, 0.25) is 0 Å². The molecule has 1 rings (SSSR count). The minimum absolute atomic E-state index is 0.0338. The number of benzene rings is 1. The molecular weight excluding hydrogens is 348 g/mol. The minimum atomic E-state index is -0.892. The van der Waals surface area contributed by atoms with Gasteiger partial charge in [-0.2, -0.15) is 0 Å². The molecule has 0 aliphatic carbocycles. The van der Waals surface area contributed by atoms with Crippen LogP contribution in [0.2, 0.25) is 0 Å². The molecule has 4 nitrogen and oxygen atoms in total. The molecule has 28 heavy (non-hydrogen) atoms. The van der Waals surface area contributed by atoms with E-state index in [0.717, 1.165) is 16.7 Å². The van der Waals surface area contributed by atoms with Gasteiger partial charge < -0.3 is 10.0 Å². The van der Waals surface area contributed by atoms with Crippen molar-refractivity contribution in [2.24, 2.45) is 10.9 Å².